The molecule has 1 atom stereocenters. The molecule has 0 spiro atoms. The minimum Gasteiger partial charge on any atom is -0.367 e. The third-order valence-corrected chi connectivity index (χ3v) is 6.34. The van der Waals surface area contributed by atoms with Crippen molar-refractivity contribution in [3.8, 4) is 0 Å². The maximum Gasteiger partial charge on any atom is 0.259 e. The number of hydrogen-bond acceptors (Lipinski definition) is 8. The van der Waals surface area contributed by atoms with Gasteiger partial charge in [-0.15, -0.1) is 15.3 Å². The van der Waals surface area contributed by atoms with E-state index in [0.717, 1.165) is 54.3 Å². The van der Waals surface area contributed by atoms with Gasteiger partial charge in [0.2, 0.25) is 5.13 Å². The minimum absolute atomic E-state index is 0.243. The van der Waals surface area contributed by atoms with E-state index in [4.69, 9.17) is 4.74 Å². The van der Waals surface area contributed by atoms with Crippen LogP contribution in [0.15, 0.2) is 42.6 Å². The van der Waals surface area contributed by atoms with E-state index in [0.29, 0.717) is 11.0 Å². The van der Waals surface area contributed by atoms with E-state index in [2.05, 4.69) is 30.6 Å². The van der Waals surface area contributed by atoms with Crippen molar-refractivity contribution in [2.24, 2.45) is 5.92 Å². The molecular formula is C22H26N6O2S. The van der Waals surface area contributed by atoms with E-state index < -0.39 is 6.10 Å². The zero-order valence-corrected chi connectivity index (χ0v) is 18.5. The van der Waals surface area contributed by atoms with Crippen LogP contribution < -0.4 is 10.2 Å². The van der Waals surface area contributed by atoms with Crippen molar-refractivity contribution in [2.45, 2.75) is 32.3 Å². The second-order valence-electron chi connectivity index (χ2n) is 7.74. The number of aromatic nitrogens is 4. The number of nitrogens with one attached hydrogen (secondary N) is 1. The van der Waals surface area contributed by atoms with Crippen LogP contribution in [0.5, 0.6) is 0 Å². The summed E-state index contributed by atoms with van der Waals surface area (Å²) in [5, 5.41) is 20.9. The van der Waals surface area contributed by atoms with Gasteiger partial charge in [-0.1, -0.05) is 41.2 Å². The van der Waals surface area contributed by atoms with E-state index in [1.54, 1.807) is 6.20 Å². The standard InChI is InChI=1S/C22H26N6O2S/c1-15-5-3-6-17(13-15)20(30-2)21(29)24-22-27-26-19(31-22)14-16-8-11-28(12-9-16)18-7-4-10-23-25-18/h3-7,10,13,16,20H,8-9,11-12,14H2,1-2H3,(H,24,27,29)/t20-/m1/s1. The first-order valence-electron chi connectivity index (χ1n) is 10.4. The molecule has 1 N–H and O–H groups in total. The molecule has 1 aromatic carbocycles. The number of ether oxygens (including phenoxy) is 1. The van der Waals surface area contributed by atoms with Gasteiger partial charge in [0.25, 0.3) is 5.91 Å². The number of benzene rings is 1. The van der Waals surface area contributed by atoms with Crippen LogP contribution in [0.1, 0.15) is 35.1 Å². The molecule has 0 aliphatic carbocycles. The Bertz CT molecular complexity index is 1000. The molecule has 0 saturated carbocycles. The fourth-order valence-electron chi connectivity index (χ4n) is 3.86. The Morgan fingerprint density at radius 3 is 2.77 bits per heavy atom. The third-order valence-electron chi connectivity index (χ3n) is 5.48. The van der Waals surface area contributed by atoms with E-state index in [-0.39, 0.29) is 5.91 Å². The maximum atomic E-state index is 12.7. The molecule has 0 bridgehead atoms. The second kappa shape index (κ2) is 9.93. The number of hydrogen-bond donors (Lipinski definition) is 1. The molecule has 162 valence electrons. The summed E-state index contributed by atoms with van der Waals surface area (Å²) in [6.07, 6.45) is 4.01. The quantitative estimate of drug-likeness (QED) is 0.604. The van der Waals surface area contributed by atoms with Gasteiger partial charge >= 0.3 is 0 Å². The second-order valence-corrected chi connectivity index (χ2v) is 8.80. The molecule has 0 radical (unpaired) electrons. The third kappa shape index (κ3) is 5.42. The first-order valence-corrected chi connectivity index (χ1v) is 11.2. The summed E-state index contributed by atoms with van der Waals surface area (Å²) in [6.45, 7) is 3.90. The fraction of sp³-hybridized carbons (Fsp3) is 0.409. The number of nitrogens with zero attached hydrogens (tertiary/aromatic N) is 5. The number of methoxy groups -OCH3 is 1. The molecule has 1 fully saturated rings. The fourth-order valence-corrected chi connectivity index (χ4v) is 4.72. The molecule has 1 saturated heterocycles. The average molecular weight is 439 g/mol. The minimum atomic E-state index is -0.683. The highest BCUT2D eigenvalue weighted by Crippen LogP contribution is 2.27. The van der Waals surface area contributed by atoms with E-state index in [1.807, 2.05) is 43.3 Å². The highest BCUT2D eigenvalue weighted by Gasteiger charge is 2.24. The predicted molar refractivity (Wildman–Crippen MR) is 120 cm³/mol. The Labute approximate surface area is 185 Å². The zero-order chi connectivity index (χ0) is 21.6. The number of aryl methyl sites for hydroxylation is 1. The summed E-state index contributed by atoms with van der Waals surface area (Å²) >= 11 is 1.43. The molecule has 3 heterocycles. The van der Waals surface area contributed by atoms with Crippen molar-refractivity contribution in [3.63, 3.8) is 0 Å². The highest BCUT2D eigenvalue weighted by molar-refractivity contribution is 7.15. The van der Waals surface area contributed by atoms with Crippen LogP contribution in [0.2, 0.25) is 0 Å². The van der Waals surface area contributed by atoms with Gasteiger partial charge in [-0.05, 0) is 43.4 Å². The van der Waals surface area contributed by atoms with Gasteiger partial charge in [-0.2, -0.15) is 5.10 Å². The van der Waals surface area contributed by atoms with Gasteiger partial charge in [0.15, 0.2) is 11.9 Å². The van der Waals surface area contributed by atoms with Crippen molar-refractivity contribution in [1.29, 1.82) is 0 Å². The average Bonchev–Trinajstić information content (AvgIpc) is 3.22. The Kier molecular flexibility index (Phi) is 6.83. The molecular weight excluding hydrogens is 412 g/mol. The number of amides is 1. The lowest BCUT2D eigenvalue weighted by Crippen LogP contribution is -2.34. The van der Waals surface area contributed by atoms with Crippen molar-refractivity contribution in [1.82, 2.24) is 20.4 Å². The van der Waals surface area contributed by atoms with Gasteiger partial charge < -0.3 is 9.64 Å². The number of anilines is 2. The lowest BCUT2D eigenvalue weighted by atomic mass is 9.94. The van der Waals surface area contributed by atoms with Crippen LogP contribution in [0.3, 0.4) is 0 Å². The SMILES string of the molecule is CO[C@@H](C(=O)Nc1nnc(CC2CCN(c3cccnn3)CC2)s1)c1cccc(C)c1. The van der Waals surface area contributed by atoms with Crippen molar-refractivity contribution in [3.05, 3.63) is 58.7 Å². The van der Waals surface area contributed by atoms with Crippen LogP contribution in [0, 0.1) is 12.8 Å². The summed E-state index contributed by atoms with van der Waals surface area (Å²) in [4.78, 5) is 15.0. The number of piperidine rings is 1. The van der Waals surface area contributed by atoms with Crippen LogP contribution in [-0.2, 0) is 16.0 Å². The summed E-state index contributed by atoms with van der Waals surface area (Å²) in [6, 6.07) is 11.7. The van der Waals surface area contributed by atoms with Gasteiger partial charge in [0, 0.05) is 32.8 Å². The maximum absolute atomic E-state index is 12.7. The van der Waals surface area contributed by atoms with E-state index in [9.17, 15) is 4.79 Å². The van der Waals surface area contributed by atoms with E-state index >= 15 is 0 Å². The molecule has 1 aliphatic rings. The molecule has 8 nitrogen and oxygen atoms in total. The molecule has 1 aliphatic heterocycles. The van der Waals surface area contributed by atoms with Crippen LogP contribution in [0.4, 0.5) is 10.9 Å². The van der Waals surface area contributed by atoms with Gasteiger partial charge in [-0.3, -0.25) is 10.1 Å². The topological polar surface area (TPSA) is 93.1 Å². The number of carbonyl (C=O) groups excluding carboxylic acids is 1. The lowest BCUT2D eigenvalue weighted by molar-refractivity contribution is -0.126. The normalized spacial score (nSPS) is 15.6. The molecule has 0 unspecified atom stereocenters. The van der Waals surface area contributed by atoms with Gasteiger partial charge in [-0.25, -0.2) is 0 Å². The van der Waals surface area contributed by atoms with Crippen molar-refractivity contribution >= 4 is 28.2 Å². The summed E-state index contributed by atoms with van der Waals surface area (Å²) in [5.74, 6) is 1.24. The van der Waals surface area contributed by atoms with Crippen LogP contribution in [-0.4, -0.2) is 46.5 Å². The van der Waals surface area contributed by atoms with Crippen molar-refractivity contribution in [2.75, 3.05) is 30.4 Å². The molecule has 31 heavy (non-hydrogen) atoms. The van der Waals surface area contributed by atoms with Crippen LogP contribution >= 0.6 is 11.3 Å². The van der Waals surface area contributed by atoms with Gasteiger partial charge in [0.05, 0.1) is 0 Å². The number of carbonyl (C=O) groups is 1. The van der Waals surface area contributed by atoms with Crippen LogP contribution in [0.25, 0.3) is 0 Å². The number of rotatable bonds is 7. The highest BCUT2D eigenvalue weighted by atomic mass is 32.1. The molecule has 3 aromatic rings. The van der Waals surface area contributed by atoms with Gasteiger partial charge in [0.1, 0.15) is 5.01 Å². The molecule has 9 heteroatoms. The van der Waals surface area contributed by atoms with E-state index in [1.165, 1.54) is 18.4 Å². The summed E-state index contributed by atoms with van der Waals surface area (Å²) < 4.78 is 5.43. The first kappa shape index (κ1) is 21.3. The zero-order valence-electron chi connectivity index (χ0n) is 17.7. The summed E-state index contributed by atoms with van der Waals surface area (Å²) in [5.41, 5.74) is 1.90. The molecule has 2 aromatic heterocycles. The summed E-state index contributed by atoms with van der Waals surface area (Å²) in [7, 11) is 1.53. The first-order chi connectivity index (χ1) is 15.1. The Balaban J connectivity index is 1.31. The lowest BCUT2D eigenvalue weighted by Gasteiger charge is -2.32. The smallest absolute Gasteiger partial charge is 0.259 e. The monoisotopic (exact) mass is 438 g/mol. The Hall–Kier alpha value is -2.91. The van der Waals surface area contributed by atoms with Crippen molar-refractivity contribution < 1.29 is 9.53 Å². The predicted octanol–water partition coefficient (Wildman–Crippen LogP) is 3.42. The largest absolute Gasteiger partial charge is 0.367 e. The molecule has 1 amide bonds. The Morgan fingerprint density at radius 2 is 2.06 bits per heavy atom. The Morgan fingerprint density at radius 1 is 1.23 bits per heavy atom. The molecule has 4 rings (SSSR count).